The van der Waals surface area contributed by atoms with Gasteiger partial charge in [-0.25, -0.2) is 0 Å². The molecule has 1 aromatic rings. The van der Waals surface area contributed by atoms with Crippen LogP contribution in [0, 0.1) is 0 Å². The number of hydrogen-bond donors (Lipinski definition) is 2. The van der Waals surface area contributed by atoms with E-state index in [0.717, 1.165) is 44.5 Å². The van der Waals surface area contributed by atoms with Crippen LogP contribution in [0.2, 0.25) is 0 Å². The Balaban J connectivity index is 1.18. The van der Waals surface area contributed by atoms with E-state index >= 15 is 0 Å². The summed E-state index contributed by atoms with van der Waals surface area (Å²) in [5, 5.41) is 6.98. The summed E-state index contributed by atoms with van der Waals surface area (Å²) in [5.74, 6) is 1.16. The third-order valence-corrected chi connectivity index (χ3v) is 6.58. The minimum Gasteiger partial charge on any atom is -0.357 e. The summed E-state index contributed by atoms with van der Waals surface area (Å²) < 4.78 is 0. The maximum Gasteiger partial charge on any atom is 0.222 e. The highest BCUT2D eigenvalue weighted by Crippen LogP contribution is 2.29. The summed E-state index contributed by atoms with van der Waals surface area (Å²) in [6, 6.07) is 9.85. The van der Waals surface area contributed by atoms with Crippen molar-refractivity contribution in [3.63, 3.8) is 0 Å². The molecule has 2 N–H and O–H groups in total. The predicted molar refractivity (Wildman–Crippen MR) is 122 cm³/mol. The summed E-state index contributed by atoms with van der Waals surface area (Å²) in [5.41, 5.74) is 2.68. The Bertz CT molecular complexity index is 737. The number of guanidine groups is 1. The molecule has 30 heavy (non-hydrogen) atoms. The highest BCUT2D eigenvalue weighted by atomic mass is 16.2. The lowest BCUT2D eigenvalue weighted by Gasteiger charge is -2.33. The number of amides is 1. The van der Waals surface area contributed by atoms with Crippen LogP contribution in [0.5, 0.6) is 0 Å². The highest BCUT2D eigenvalue weighted by Gasteiger charge is 2.31. The average Bonchev–Trinajstić information content (AvgIpc) is 3.62. The van der Waals surface area contributed by atoms with Gasteiger partial charge in [-0.1, -0.05) is 24.3 Å². The van der Waals surface area contributed by atoms with Crippen molar-refractivity contribution < 1.29 is 4.79 Å². The summed E-state index contributed by atoms with van der Waals surface area (Å²) in [6.07, 6.45) is 7.51. The molecule has 1 saturated carbocycles. The van der Waals surface area contributed by atoms with Gasteiger partial charge in [-0.2, -0.15) is 0 Å². The van der Waals surface area contributed by atoms with Crippen LogP contribution in [0.1, 0.15) is 56.6 Å². The third kappa shape index (κ3) is 5.75. The maximum atomic E-state index is 12.6. The van der Waals surface area contributed by atoms with Crippen molar-refractivity contribution in [2.75, 3.05) is 32.7 Å². The number of carbonyl (C=O) groups is 1. The van der Waals surface area contributed by atoms with Crippen molar-refractivity contribution in [2.45, 2.75) is 70.5 Å². The number of nitrogens with one attached hydrogen (secondary N) is 2. The number of piperidine rings is 1. The Labute approximate surface area is 181 Å². The monoisotopic (exact) mass is 411 g/mol. The average molecular weight is 412 g/mol. The SMILES string of the molecule is CCNC(=NCCCC(=O)N1CCc2ccccc2C1)NC1CCN(C2CC2)CC1. The minimum atomic E-state index is 0.255. The molecule has 0 unspecified atom stereocenters. The van der Waals surface area contributed by atoms with Crippen LogP contribution in [0.15, 0.2) is 29.3 Å². The van der Waals surface area contributed by atoms with Gasteiger partial charge in [0.1, 0.15) is 0 Å². The van der Waals surface area contributed by atoms with Gasteiger partial charge in [0.2, 0.25) is 5.91 Å². The van der Waals surface area contributed by atoms with Crippen LogP contribution < -0.4 is 10.6 Å². The van der Waals surface area contributed by atoms with Gasteiger partial charge in [-0.3, -0.25) is 9.79 Å². The number of nitrogens with zero attached hydrogens (tertiary/aromatic N) is 3. The first-order valence-corrected chi connectivity index (χ1v) is 11.9. The lowest BCUT2D eigenvalue weighted by molar-refractivity contribution is -0.132. The Hall–Kier alpha value is -2.08. The molecular formula is C24H37N5O. The summed E-state index contributed by atoms with van der Waals surface area (Å²) in [7, 11) is 0. The Morgan fingerprint density at radius 3 is 2.60 bits per heavy atom. The molecule has 6 heteroatoms. The molecule has 0 radical (unpaired) electrons. The van der Waals surface area contributed by atoms with E-state index in [1.54, 1.807) is 0 Å². The minimum absolute atomic E-state index is 0.255. The third-order valence-electron chi connectivity index (χ3n) is 6.58. The van der Waals surface area contributed by atoms with Crippen molar-refractivity contribution in [1.29, 1.82) is 0 Å². The maximum absolute atomic E-state index is 12.6. The first kappa shape index (κ1) is 21.2. The zero-order chi connectivity index (χ0) is 20.8. The van der Waals surface area contributed by atoms with Crippen LogP contribution in [0.3, 0.4) is 0 Å². The van der Waals surface area contributed by atoms with Crippen molar-refractivity contribution in [1.82, 2.24) is 20.4 Å². The topological polar surface area (TPSA) is 60.0 Å². The quantitative estimate of drug-likeness (QED) is 0.411. The number of rotatable bonds is 7. The zero-order valence-electron chi connectivity index (χ0n) is 18.4. The molecule has 2 fully saturated rings. The van der Waals surface area contributed by atoms with Gasteiger partial charge >= 0.3 is 0 Å². The number of fused-ring (bicyclic) bond motifs is 1. The fourth-order valence-corrected chi connectivity index (χ4v) is 4.65. The van der Waals surface area contributed by atoms with E-state index in [9.17, 15) is 4.79 Å². The molecule has 4 rings (SSSR count). The highest BCUT2D eigenvalue weighted by molar-refractivity contribution is 5.80. The standard InChI is InChI=1S/C24H37N5O/c1-2-25-24(27-21-12-16-28(17-13-21)22-9-10-22)26-14-5-8-23(30)29-15-11-19-6-3-4-7-20(19)18-29/h3-4,6-7,21-22H,2,5,8-18H2,1H3,(H2,25,26,27). The van der Waals surface area contributed by atoms with Gasteiger partial charge < -0.3 is 20.4 Å². The largest absolute Gasteiger partial charge is 0.357 e. The van der Waals surface area contributed by atoms with Crippen molar-refractivity contribution in [3.8, 4) is 0 Å². The molecule has 164 valence electrons. The molecule has 3 aliphatic rings. The molecule has 1 aliphatic carbocycles. The molecular weight excluding hydrogens is 374 g/mol. The van der Waals surface area contributed by atoms with Crippen molar-refractivity contribution in [3.05, 3.63) is 35.4 Å². The molecule has 1 amide bonds. The lowest BCUT2D eigenvalue weighted by atomic mass is 9.99. The van der Waals surface area contributed by atoms with Crippen LogP contribution in [-0.4, -0.2) is 66.5 Å². The lowest BCUT2D eigenvalue weighted by Crippen LogP contribution is -2.49. The van der Waals surface area contributed by atoms with Crippen LogP contribution in [0.4, 0.5) is 0 Å². The normalized spacial score (nSPS) is 20.7. The van der Waals surface area contributed by atoms with Gasteiger partial charge in [0.05, 0.1) is 0 Å². The molecule has 1 saturated heterocycles. The molecule has 0 spiro atoms. The number of aliphatic imine (C=N–C) groups is 1. The summed E-state index contributed by atoms with van der Waals surface area (Å²) in [4.78, 5) is 22.0. The van der Waals surface area contributed by atoms with Crippen LogP contribution in [-0.2, 0) is 17.8 Å². The van der Waals surface area contributed by atoms with Gasteiger partial charge in [-0.15, -0.1) is 0 Å². The van der Waals surface area contributed by atoms with E-state index in [-0.39, 0.29) is 5.91 Å². The first-order chi connectivity index (χ1) is 14.7. The predicted octanol–water partition coefficient (Wildman–Crippen LogP) is 2.53. The Morgan fingerprint density at radius 1 is 1.10 bits per heavy atom. The number of carbonyl (C=O) groups excluding carboxylic acids is 1. The molecule has 1 aromatic carbocycles. The van der Waals surface area contributed by atoms with Gasteiger partial charge in [-0.05, 0) is 56.6 Å². The van der Waals surface area contributed by atoms with E-state index in [2.05, 4.69) is 46.7 Å². The van der Waals surface area contributed by atoms with Crippen LogP contribution >= 0.6 is 0 Å². The molecule has 2 aliphatic heterocycles. The van der Waals surface area contributed by atoms with E-state index in [0.29, 0.717) is 19.0 Å². The van der Waals surface area contributed by atoms with E-state index in [1.807, 2.05) is 4.90 Å². The van der Waals surface area contributed by atoms with E-state index < -0.39 is 0 Å². The summed E-state index contributed by atoms with van der Waals surface area (Å²) >= 11 is 0. The van der Waals surface area contributed by atoms with Gasteiger partial charge in [0, 0.05) is 57.8 Å². The second-order valence-corrected chi connectivity index (χ2v) is 8.88. The summed E-state index contributed by atoms with van der Waals surface area (Å²) in [6.45, 7) is 7.64. The second kappa shape index (κ2) is 10.3. The van der Waals surface area contributed by atoms with Crippen molar-refractivity contribution >= 4 is 11.9 Å². The molecule has 0 bridgehead atoms. The Morgan fingerprint density at radius 2 is 1.87 bits per heavy atom. The second-order valence-electron chi connectivity index (χ2n) is 8.88. The molecule has 0 atom stereocenters. The number of benzene rings is 1. The first-order valence-electron chi connectivity index (χ1n) is 11.9. The van der Waals surface area contributed by atoms with E-state index in [1.165, 1.54) is 49.9 Å². The van der Waals surface area contributed by atoms with Gasteiger partial charge in [0.25, 0.3) is 0 Å². The molecule has 6 nitrogen and oxygen atoms in total. The van der Waals surface area contributed by atoms with Gasteiger partial charge in [0.15, 0.2) is 5.96 Å². The fourth-order valence-electron chi connectivity index (χ4n) is 4.65. The molecule has 2 heterocycles. The number of hydrogen-bond acceptors (Lipinski definition) is 3. The zero-order valence-corrected chi connectivity index (χ0v) is 18.4. The fraction of sp³-hybridized carbons (Fsp3) is 0.667. The Kier molecular flexibility index (Phi) is 7.26. The molecule has 0 aromatic heterocycles. The van der Waals surface area contributed by atoms with E-state index in [4.69, 9.17) is 4.99 Å². The van der Waals surface area contributed by atoms with Crippen LogP contribution in [0.25, 0.3) is 0 Å². The van der Waals surface area contributed by atoms with Crippen molar-refractivity contribution in [2.24, 2.45) is 4.99 Å². The smallest absolute Gasteiger partial charge is 0.222 e. The number of likely N-dealkylation sites (tertiary alicyclic amines) is 1.